The fourth-order valence-corrected chi connectivity index (χ4v) is 1.13. The average molecular weight is 230 g/mol. The van der Waals surface area contributed by atoms with E-state index in [4.69, 9.17) is 4.74 Å². The lowest BCUT2D eigenvalue weighted by molar-refractivity contribution is -0.120. The molecule has 0 radical (unpaired) electrons. The second-order valence-corrected chi connectivity index (χ2v) is 4.35. The zero-order valence-corrected chi connectivity index (χ0v) is 10.8. The smallest absolute Gasteiger partial charge is 0.233 e. The normalized spacial score (nSPS) is 10.8. The van der Waals surface area contributed by atoms with Crippen molar-refractivity contribution in [2.24, 2.45) is 5.92 Å². The summed E-state index contributed by atoms with van der Waals surface area (Å²) < 4.78 is 5.38. The minimum Gasteiger partial charge on any atom is -0.380 e. The number of rotatable bonds is 10. The van der Waals surface area contributed by atoms with Gasteiger partial charge in [0, 0.05) is 19.7 Å². The predicted octanol–water partition coefficient (Wildman–Crippen LogP) is 1.16. The number of nitrogens with one attached hydrogen (secondary N) is 2. The molecule has 0 bridgehead atoms. The molecule has 0 atom stereocenters. The van der Waals surface area contributed by atoms with Crippen LogP contribution in [0.5, 0.6) is 0 Å². The van der Waals surface area contributed by atoms with Crippen LogP contribution in [0.3, 0.4) is 0 Å². The van der Waals surface area contributed by atoms with Gasteiger partial charge in [0.1, 0.15) is 0 Å². The lowest BCUT2D eigenvalue weighted by Crippen LogP contribution is -2.35. The molecule has 16 heavy (non-hydrogen) atoms. The molecular formula is C12H26N2O2. The number of hydrogen-bond donors (Lipinski definition) is 2. The van der Waals surface area contributed by atoms with Gasteiger partial charge in [-0.25, -0.2) is 0 Å². The van der Waals surface area contributed by atoms with E-state index in [2.05, 4.69) is 31.4 Å². The van der Waals surface area contributed by atoms with Gasteiger partial charge in [0.05, 0.1) is 13.2 Å². The van der Waals surface area contributed by atoms with Crippen molar-refractivity contribution in [3.05, 3.63) is 0 Å². The molecule has 0 aromatic rings. The van der Waals surface area contributed by atoms with Crippen LogP contribution in [0.25, 0.3) is 0 Å². The van der Waals surface area contributed by atoms with Crippen LogP contribution in [0.1, 0.15) is 33.6 Å². The van der Waals surface area contributed by atoms with Gasteiger partial charge in [0.15, 0.2) is 0 Å². The molecule has 96 valence electrons. The Morgan fingerprint density at radius 2 is 2.06 bits per heavy atom. The van der Waals surface area contributed by atoms with Crippen LogP contribution in [-0.2, 0) is 9.53 Å². The number of carbonyl (C=O) groups excluding carboxylic acids is 1. The van der Waals surface area contributed by atoms with Crippen LogP contribution in [0.4, 0.5) is 0 Å². The molecule has 0 aliphatic rings. The van der Waals surface area contributed by atoms with Gasteiger partial charge in [-0.05, 0) is 12.3 Å². The number of ether oxygens (including phenoxy) is 1. The lowest BCUT2D eigenvalue weighted by Gasteiger charge is -2.08. The highest BCUT2D eigenvalue weighted by molar-refractivity contribution is 5.77. The van der Waals surface area contributed by atoms with Gasteiger partial charge in [-0.15, -0.1) is 0 Å². The summed E-state index contributed by atoms with van der Waals surface area (Å²) in [6.45, 7) is 9.69. The standard InChI is InChI=1S/C12H26N2O2/c1-4-5-6-14-12(15)9-13-7-8-16-10-11(2)3/h11,13H,4-10H2,1-3H3,(H,14,15). The number of amides is 1. The van der Waals surface area contributed by atoms with Gasteiger partial charge >= 0.3 is 0 Å². The third kappa shape index (κ3) is 11.5. The first-order chi connectivity index (χ1) is 7.66. The predicted molar refractivity (Wildman–Crippen MR) is 66.4 cm³/mol. The molecule has 0 unspecified atom stereocenters. The van der Waals surface area contributed by atoms with E-state index in [1.807, 2.05) is 0 Å². The van der Waals surface area contributed by atoms with Crippen LogP contribution in [-0.4, -0.2) is 38.8 Å². The van der Waals surface area contributed by atoms with Crippen LogP contribution in [0.15, 0.2) is 0 Å². The minimum absolute atomic E-state index is 0.0670. The fraction of sp³-hybridized carbons (Fsp3) is 0.917. The van der Waals surface area contributed by atoms with Crippen LogP contribution in [0, 0.1) is 5.92 Å². The van der Waals surface area contributed by atoms with Gasteiger partial charge in [-0.1, -0.05) is 27.2 Å². The molecular weight excluding hydrogens is 204 g/mol. The first-order valence-electron chi connectivity index (χ1n) is 6.22. The monoisotopic (exact) mass is 230 g/mol. The highest BCUT2D eigenvalue weighted by Crippen LogP contribution is 1.90. The SMILES string of the molecule is CCCCNC(=O)CNCCOCC(C)C. The van der Waals surface area contributed by atoms with Gasteiger partial charge in [0.25, 0.3) is 0 Å². The fourth-order valence-electron chi connectivity index (χ4n) is 1.13. The average Bonchev–Trinajstić information content (AvgIpc) is 2.23. The molecule has 0 aliphatic carbocycles. The maximum atomic E-state index is 11.2. The van der Waals surface area contributed by atoms with Crippen molar-refractivity contribution in [1.82, 2.24) is 10.6 Å². The number of carbonyl (C=O) groups is 1. The van der Waals surface area contributed by atoms with E-state index in [9.17, 15) is 4.79 Å². The first-order valence-corrected chi connectivity index (χ1v) is 6.22. The van der Waals surface area contributed by atoms with Crippen molar-refractivity contribution in [2.75, 3.05) is 32.8 Å². The first kappa shape index (κ1) is 15.4. The molecule has 0 rings (SSSR count). The largest absolute Gasteiger partial charge is 0.380 e. The second kappa shape index (κ2) is 10.9. The molecule has 0 heterocycles. The van der Waals surface area contributed by atoms with E-state index in [1.54, 1.807) is 0 Å². The summed E-state index contributed by atoms with van der Waals surface area (Å²) in [4.78, 5) is 11.2. The van der Waals surface area contributed by atoms with Crippen LogP contribution >= 0.6 is 0 Å². The molecule has 0 fully saturated rings. The Bertz CT molecular complexity index is 172. The lowest BCUT2D eigenvalue weighted by atomic mass is 10.2. The third-order valence-corrected chi connectivity index (χ3v) is 2.01. The molecule has 0 saturated heterocycles. The molecule has 4 heteroatoms. The maximum Gasteiger partial charge on any atom is 0.233 e. The summed E-state index contributed by atoms with van der Waals surface area (Å²) in [5, 5.41) is 5.90. The van der Waals surface area contributed by atoms with Crippen molar-refractivity contribution in [2.45, 2.75) is 33.6 Å². The van der Waals surface area contributed by atoms with Gasteiger partial charge in [-0.2, -0.15) is 0 Å². The Kier molecular flexibility index (Phi) is 10.5. The van der Waals surface area contributed by atoms with Crippen molar-refractivity contribution < 1.29 is 9.53 Å². The van der Waals surface area contributed by atoms with Gasteiger partial charge in [-0.3, -0.25) is 4.79 Å². The van der Waals surface area contributed by atoms with Gasteiger partial charge in [0.2, 0.25) is 5.91 Å². The molecule has 0 aromatic heterocycles. The topological polar surface area (TPSA) is 50.4 Å². The molecule has 1 amide bonds. The summed E-state index contributed by atoms with van der Waals surface area (Å²) in [7, 11) is 0. The molecule has 0 saturated carbocycles. The van der Waals surface area contributed by atoms with Crippen molar-refractivity contribution in [1.29, 1.82) is 0 Å². The third-order valence-electron chi connectivity index (χ3n) is 2.01. The molecule has 4 nitrogen and oxygen atoms in total. The molecule has 0 aromatic carbocycles. The molecule has 0 aliphatic heterocycles. The molecule has 0 spiro atoms. The second-order valence-electron chi connectivity index (χ2n) is 4.35. The van der Waals surface area contributed by atoms with Crippen molar-refractivity contribution in [3.8, 4) is 0 Å². The Balaban J connectivity index is 3.15. The van der Waals surface area contributed by atoms with Crippen molar-refractivity contribution in [3.63, 3.8) is 0 Å². The van der Waals surface area contributed by atoms with Gasteiger partial charge < -0.3 is 15.4 Å². The van der Waals surface area contributed by atoms with E-state index in [-0.39, 0.29) is 5.91 Å². The highest BCUT2D eigenvalue weighted by atomic mass is 16.5. The van der Waals surface area contributed by atoms with E-state index < -0.39 is 0 Å². The maximum absolute atomic E-state index is 11.2. The number of hydrogen-bond acceptors (Lipinski definition) is 3. The van der Waals surface area contributed by atoms with Crippen molar-refractivity contribution >= 4 is 5.91 Å². The summed E-state index contributed by atoms with van der Waals surface area (Å²) in [6, 6.07) is 0. The van der Waals surface area contributed by atoms with E-state index in [0.29, 0.717) is 19.1 Å². The Hall–Kier alpha value is -0.610. The zero-order chi connectivity index (χ0) is 12.2. The van der Waals surface area contributed by atoms with Crippen LogP contribution in [0.2, 0.25) is 0 Å². The van der Waals surface area contributed by atoms with E-state index in [0.717, 1.165) is 32.5 Å². The van der Waals surface area contributed by atoms with E-state index in [1.165, 1.54) is 0 Å². The summed E-state index contributed by atoms with van der Waals surface area (Å²) >= 11 is 0. The summed E-state index contributed by atoms with van der Waals surface area (Å²) in [5.74, 6) is 0.634. The number of unbranched alkanes of at least 4 members (excludes halogenated alkanes) is 1. The summed E-state index contributed by atoms with van der Waals surface area (Å²) in [6.07, 6.45) is 2.15. The van der Waals surface area contributed by atoms with Crippen LogP contribution < -0.4 is 10.6 Å². The molecule has 2 N–H and O–H groups in total. The van der Waals surface area contributed by atoms with E-state index >= 15 is 0 Å². The Morgan fingerprint density at radius 3 is 2.69 bits per heavy atom. The zero-order valence-electron chi connectivity index (χ0n) is 10.8. The Labute approximate surface area is 99.1 Å². The highest BCUT2D eigenvalue weighted by Gasteiger charge is 1.99. The minimum atomic E-state index is 0.0670. The Morgan fingerprint density at radius 1 is 1.31 bits per heavy atom. The summed E-state index contributed by atoms with van der Waals surface area (Å²) in [5.41, 5.74) is 0. The quantitative estimate of drug-likeness (QED) is 0.554.